The van der Waals surface area contributed by atoms with Gasteiger partial charge >= 0.3 is 0 Å². The number of rotatable bonds is 6. The van der Waals surface area contributed by atoms with Gasteiger partial charge in [0.05, 0.1) is 11.7 Å². The fourth-order valence-corrected chi connectivity index (χ4v) is 4.37. The summed E-state index contributed by atoms with van der Waals surface area (Å²) >= 11 is 0. The summed E-state index contributed by atoms with van der Waals surface area (Å²) in [6, 6.07) is 10.0. The molecule has 140 valence electrons. The van der Waals surface area contributed by atoms with Gasteiger partial charge in [-0.1, -0.05) is 18.2 Å². The van der Waals surface area contributed by atoms with Crippen molar-refractivity contribution in [3.05, 3.63) is 47.5 Å². The van der Waals surface area contributed by atoms with E-state index in [0.29, 0.717) is 19.2 Å². The Hall–Kier alpha value is -1.85. The van der Waals surface area contributed by atoms with Crippen LogP contribution in [0, 0.1) is 0 Å². The standard InChI is InChI=1S/C21H29N3O2/c1-23-19-11-6-5-10-18(19)22-21(23)20-12-7-13-24(20)14-16(25)15-26-17-8-3-2-4-9-17/h2-4,8-9,16,20,25H,5-7,10-15H2,1H3/t16-,20-/m0/s1. The molecule has 1 aliphatic heterocycles. The highest BCUT2D eigenvalue weighted by molar-refractivity contribution is 5.22. The topological polar surface area (TPSA) is 50.5 Å². The van der Waals surface area contributed by atoms with Gasteiger partial charge in [-0.15, -0.1) is 0 Å². The SMILES string of the molecule is Cn1c([C@@H]2CCCN2C[C@H](O)COc2ccccc2)nc2c1CCCC2. The molecule has 1 saturated heterocycles. The number of fused-ring (bicyclic) bond motifs is 1. The molecule has 0 spiro atoms. The molecule has 1 aliphatic carbocycles. The van der Waals surface area contributed by atoms with Gasteiger partial charge in [0.2, 0.25) is 0 Å². The number of imidazole rings is 1. The van der Waals surface area contributed by atoms with E-state index in [-0.39, 0.29) is 0 Å². The van der Waals surface area contributed by atoms with Crippen molar-refractivity contribution >= 4 is 0 Å². The Morgan fingerprint density at radius 1 is 1.19 bits per heavy atom. The summed E-state index contributed by atoms with van der Waals surface area (Å²) < 4.78 is 8.04. The van der Waals surface area contributed by atoms with Crippen LogP contribution < -0.4 is 4.74 Å². The average Bonchev–Trinajstić information content (AvgIpc) is 3.25. The lowest BCUT2D eigenvalue weighted by molar-refractivity contribution is 0.0623. The molecule has 0 radical (unpaired) electrons. The van der Waals surface area contributed by atoms with Crippen LogP contribution in [0.4, 0.5) is 0 Å². The predicted molar refractivity (Wildman–Crippen MR) is 101 cm³/mol. The summed E-state index contributed by atoms with van der Waals surface area (Å²) in [6.07, 6.45) is 6.58. The lowest BCUT2D eigenvalue weighted by Crippen LogP contribution is -2.36. The van der Waals surface area contributed by atoms with Crippen LogP contribution in [0.1, 0.15) is 48.9 Å². The second kappa shape index (κ2) is 7.80. The molecule has 1 N–H and O–H groups in total. The Labute approximate surface area is 155 Å². The van der Waals surface area contributed by atoms with Crippen molar-refractivity contribution < 1.29 is 9.84 Å². The molecule has 0 amide bonds. The first kappa shape index (κ1) is 17.6. The number of ether oxygens (including phenoxy) is 1. The van der Waals surface area contributed by atoms with Crippen molar-refractivity contribution in [1.29, 1.82) is 0 Å². The molecule has 0 saturated carbocycles. The molecular weight excluding hydrogens is 326 g/mol. The highest BCUT2D eigenvalue weighted by Crippen LogP contribution is 2.33. The van der Waals surface area contributed by atoms with Gasteiger partial charge in [-0.25, -0.2) is 4.98 Å². The van der Waals surface area contributed by atoms with E-state index >= 15 is 0 Å². The number of hydrogen-bond acceptors (Lipinski definition) is 4. The van der Waals surface area contributed by atoms with E-state index in [1.807, 2.05) is 30.3 Å². The first-order valence-electron chi connectivity index (χ1n) is 9.86. The van der Waals surface area contributed by atoms with Crippen molar-refractivity contribution in [2.75, 3.05) is 19.7 Å². The number of likely N-dealkylation sites (tertiary alicyclic amines) is 1. The number of aliphatic hydroxyl groups is 1. The molecule has 2 atom stereocenters. The minimum Gasteiger partial charge on any atom is -0.491 e. The molecule has 5 heteroatoms. The molecule has 1 aromatic heterocycles. The van der Waals surface area contributed by atoms with E-state index in [0.717, 1.165) is 38.0 Å². The predicted octanol–water partition coefficient (Wildman–Crippen LogP) is 2.88. The van der Waals surface area contributed by atoms with Crippen molar-refractivity contribution in [1.82, 2.24) is 14.5 Å². The van der Waals surface area contributed by atoms with Crippen LogP contribution >= 0.6 is 0 Å². The highest BCUT2D eigenvalue weighted by atomic mass is 16.5. The molecule has 0 unspecified atom stereocenters. The number of benzene rings is 1. The van der Waals surface area contributed by atoms with Gasteiger partial charge in [-0.2, -0.15) is 0 Å². The third kappa shape index (κ3) is 3.64. The van der Waals surface area contributed by atoms with Crippen LogP contribution in [-0.4, -0.2) is 45.4 Å². The van der Waals surface area contributed by atoms with Gasteiger partial charge in [-0.05, 0) is 57.2 Å². The maximum atomic E-state index is 10.5. The smallest absolute Gasteiger partial charge is 0.126 e. The van der Waals surface area contributed by atoms with Crippen LogP contribution in [-0.2, 0) is 19.9 Å². The number of aryl methyl sites for hydroxylation is 1. The van der Waals surface area contributed by atoms with Crippen molar-refractivity contribution in [2.45, 2.75) is 50.7 Å². The molecule has 4 rings (SSSR count). The molecule has 26 heavy (non-hydrogen) atoms. The number of hydrogen-bond donors (Lipinski definition) is 1. The number of β-amino-alcohol motifs (C(OH)–C–C–N with tert-alkyl or cyclic N) is 1. The second-order valence-corrected chi connectivity index (χ2v) is 7.56. The summed E-state index contributed by atoms with van der Waals surface area (Å²) in [5.41, 5.74) is 2.72. The fourth-order valence-electron chi connectivity index (χ4n) is 4.37. The Morgan fingerprint density at radius 2 is 2.00 bits per heavy atom. The van der Waals surface area contributed by atoms with Gasteiger partial charge in [0, 0.05) is 19.3 Å². The van der Waals surface area contributed by atoms with E-state index in [4.69, 9.17) is 9.72 Å². The quantitative estimate of drug-likeness (QED) is 0.866. The first-order valence-corrected chi connectivity index (χ1v) is 9.86. The second-order valence-electron chi connectivity index (χ2n) is 7.56. The van der Waals surface area contributed by atoms with E-state index in [9.17, 15) is 5.11 Å². The van der Waals surface area contributed by atoms with E-state index in [2.05, 4.69) is 16.5 Å². The Bertz CT molecular complexity index is 728. The highest BCUT2D eigenvalue weighted by Gasteiger charge is 2.32. The summed E-state index contributed by atoms with van der Waals surface area (Å²) in [7, 11) is 2.16. The zero-order chi connectivity index (χ0) is 17.9. The van der Waals surface area contributed by atoms with Crippen LogP contribution in [0.15, 0.2) is 30.3 Å². The molecule has 1 fully saturated rings. The zero-order valence-electron chi connectivity index (χ0n) is 15.6. The monoisotopic (exact) mass is 355 g/mol. The Morgan fingerprint density at radius 3 is 2.81 bits per heavy atom. The van der Waals surface area contributed by atoms with Crippen molar-refractivity contribution in [2.24, 2.45) is 7.05 Å². The van der Waals surface area contributed by atoms with Gasteiger partial charge in [-0.3, -0.25) is 4.90 Å². The number of nitrogens with zero attached hydrogens (tertiary/aromatic N) is 3. The molecule has 2 aliphatic rings. The van der Waals surface area contributed by atoms with E-state index in [1.54, 1.807) is 0 Å². The number of aliphatic hydroxyl groups excluding tert-OH is 1. The number of aromatic nitrogens is 2. The van der Waals surface area contributed by atoms with Crippen molar-refractivity contribution in [3.8, 4) is 5.75 Å². The minimum atomic E-state index is -0.495. The van der Waals surface area contributed by atoms with E-state index < -0.39 is 6.10 Å². The molecular formula is C21H29N3O2. The molecule has 2 heterocycles. The zero-order valence-corrected chi connectivity index (χ0v) is 15.6. The van der Waals surface area contributed by atoms with Gasteiger partial charge in [0.25, 0.3) is 0 Å². The van der Waals surface area contributed by atoms with Crippen LogP contribution in [0.2, 0.25) is 0 Å². The molecule has 1 aromatic carbocycles. The summed E-state index contributed by atoms with van der Waals surface area (Å²) in [6.45, 7) is 1.98. The normalized spacial score (nSPS) is 21.5. The average molecular weight is 355 g/mol. The van der Waals surface area contributed by atoms with E-state index in [1.165, 1.54) is 30.1 Å². The van der Waals surface area contributed by atoms with Gasteiger partial charge < -0.3 is 14.4 Å². The summed E-state index contributed by atoms with van der Waals surface area (Å²) in [5.74, 6) is 1.99. The van der Waals surface area contributed by atoms with Crippen molar-refractivity contribution in [3.63, 3.8) is 0 Å². The van der Waals surface area contributed by atoms with Gasteiger partial charge in [0.1, 0.15) is 24.3 Å². The molecule has 5 nitrogen and oxygen atoms in total. The van der Waals surface area contributed by atoms with Gasteiger partial charge in [0.15, 0.2) is 0 Å². The third-order valence-corrected chi connectivity index (χ3v) is 5.70. The van der Waals surface area contributed by atoms with Crippen LogP contribution in [0.3, 0.4) is 0 Å². The summed E-state index contributed by atoms with van der Waals surface area (Å²) in [4.78, 5) is 7.37. The van der Waals surface area contributed by atoms with Crippen LogP contribution in [0.25, 0.3) is 0 Å². The molecule has 2 aromatic rings. The largest absolute Gasteiger partial charge is 0.491 e. The maximum Gasteiger partial charge on any atom is 0.126 e. The Kier molecular flexibility index (Phi) is 5.27. The molecule has 0 bridgehead atoms. The van der Waals surface area contributed by atoms with Crippen LogP contribution in [0.5, 0.6) is 5.75 Å². The minimum absolute atomic E-state index is 0.317. The number of para-hydroxylation sites is 1. The third-order valence-electron chi connectivity index (χ3n) is 5.70. The first-order chi connectivity index (χ1) is 12.7. The lowest BCUT2D eigenvalue weighted by atomic mass is 10.0. The maximum absolute atomic E-state index is 10.5. The lowest BCUT2D eigenvalue weighted by Gasteiger charge is -2.26. The Balaban J connectivity index is 1.40. The summed E-state index contributed by atoms with van der Waals surface area (Å²) in [5, 5.41) is 10.5. The fraction of sp³-hybridized carbons (Fsp3) is 0.571.